The first-order valence-electron chi connectivity index (χ1n) is 7.26. The van der Waals surface area contributed by atoms with Crippen LogP contribution >= 0.6 is 0 Å². The number of hydrogen-bond donors (Lipinski definition) is 2. The number of carbonyl (C=O) groups excluding carboxylic acids is 3. The van der Waals surface area contributed by atoms with Crippen molar-refractivity contribution in [2.75, 3.05) is 17.2 Å². The maximum atomic E-state index is 13.1. The van der Waals surface area contributed by atoms with E-state index in [0.717, 1.165) is 18.2 Å². The number of benzene rings is 2. The Kier molecular flexibility index (Phi) is 5.78. The van der Waals surface area contributed by atoms with E-state index in [9.17, 15) is 23.2 Å². The van der Waals surface area contributed by atoms with E-state index in [-0.39, 0.29) is 23.5 Å². The molecule has 0 unspecified atom stereocenters. The number of para-hydroxylation sites is 1. The van der Waals surface area contributed by atoms with Crippen molar-refractivity contribution in [3.8, 4) is 0 Å². The van der Waals surface area contributed by atoms with Gasteiger partial charge in [-0.3, -0.25) is 9.59 Å². The van der Waals surface area contributed by atoms with Crippen molar-refractivity contribution in [2.45, 2.75) is 6.92 Å². The molecular formula is C17H14F2N2O4. The van der Waals surface area contributed by atoms with Crippen LogP contribution in [0.4, 0.5) is 20.2 Å². The van der Waals surface area contributed by atoms with Crippen molar-refractivity contribution >= 4 is 29.2 Å². The second-order valence-corrected chi connectivity index (χ2v) is 4.80. The predicted octanol–water partition coefficient (Wildman–Crippen LogP) is 2.72. The zero-order valence-electron chi connectivity index (χ0n) is 13.1. The molecule has 0 radical (unpaired) electrons. The molecule has 2 aromatic carbocycles. The normalized spacial score (nSPS) is 10.0. The summed E-state index contributed by atoms with van der Waals surface area (Å²) in [6.07, 6.45) is 0. The van der Waals surface area contributed by atoms with Gasteiger partial charge in [-0.05, 0) is 31.2 Å². The topological polar surface area (TPSA) is 84.5 Å². The monoisotopic (exact) mass is 348 g/mol. The molecule has 2 N–H and O–H groups in total. The molecular weight excluding hydrogens is 334 g/mol. The van der Waals surface area contributed by atoms with Gasteiger partial charge < -0.3 is 15.4 Å². The standard InChI is InChI=1S/C17H14F2N2O4/c1-2-25-17(24)11-5-3-4-6-14(11)21-16(23)15(22)20-10-7-8-12(18)13(19)9-10/h3-9H,2H2,1H3,(H,20,22)(H,21,23). The summed E-state index contributed by atoms with van der Waals surface area (Å²) in [7, 11) is 0. The van der Waals surface area contributed by atoms with Crippen LogP contribution < -0.4 is 10.6 Å². The lowest BCUT2D eigenvalue weighted by atomic mass is 10.2. The van der Waals surface area contributed by atoms with Gasteiger partial charge in [0.05, 0.1) is 17.9 Å². The van der Waals surface area contributed by atoms with Crippen LogP contribution in [0, 0.1) is 11.6 Å². The van der Waals surface area contributed by atoms with Gasteiger partial charge >= 0.3 is 17.8 Å². The molecule has 25 heavy (non-hydrogen) atoms. The summed E-state index contributed by atoms with van der Waals surface area (Å²) in [4.78, 5) is 35.6. The van der Waals surface area contributed by atoms with Crippen molar-refractivity contribution in [1.82, 2.24) is 0 Å². The van der Waals surface area contributed by atoms with Gasteiger partial charge in [-0.25, -0.2) is 13.6 Å². The highest BCUT2D eigenvalue weighted by atomic mass is 19.2. The van der Waals surface area contributed by atoms with Gasteiger partial charge in [0.25, 0.3) is 0 Å². The minimum Gasteiger partial charge on any atom is -0.462 e. The second-order valence-electron chi connectivity index (χ2n) is 4.80. The molecule has 0 fully saturated rings. The molecule has 2 aromatic rings. The number of ether oxygens (including phenoxy) is 1. The summed E-state index contributed by atoms with van der Waals surface area (Å²) in [5, 5.41) is 4.41. The average molecular weight is 348 g/mol. The summed E-state index contributed by atoms with van der Waals surface area (Å²) in [5.41, 5.74) is 0.0856. The molecule has 2 rings (SSSR count). The molecule has 6 nitrogen and oxygen atoms in total. The van der Waals surface area contributed by atoms with E-state index in [0.29, 0.717) is 0 Å². The highest BCUT2D eigenvalue weighted by Gasteiger charge is 2.19. The summed E-state index contributed by atoms with van der Waals surface area (Å²) >= 11 is 0. The Labute approximate surface area is 141 Å². The first-order chi connectivity index (χ1) is 11.9. The number of esters is 1. The van der Waals surface area contributed by atoms with Crippen LogP contribution in [0.15, 0.2) is 42.5 Å². The Bertz CT molecular complexity index is 824. The third-order valence-corrected chi connectivity index (χ3v) is 3.05. The molecule has 0 heterocycles. The number of carbonyl (C=O) groups is 3. The fourth-order valence-corrected chi connectivity index (χ4v) is 1.92. The van der Waals surface area contributed by atoms with Crippen LogP contribution in [-0.4, -0.2) is 24.4 Å². The fourth-order valence-electron chi connectivity index (χ4n) is 1.92. The van der Waals surface area contributed by atoms with Crippen molar-refractivity contribution in [1.29, 1.82) is 0 Å². The third-order valence-electron chi connectivity index (χ3n) is 3.05. The summed E-state index contributed by atoms with van der Waals surface area (Å²) in [5.74, 6) is -5.08. The van der Waals surface area contributed by atoms with E-state index in [4.69, 9.17) is 4.74 Å². The summed E-state index contributed by atoms with van der Waals surface area (Å²) in [6.45, 7) is 1.78. The van der Waals surface area contributed by atoms with Crippen LogP contribution in [0.3, 0.4) is 0 Å². The van der Waals surface area contributed by atoms with E-state index >= 15 is 0 Å². The van der Waals surface area contributed by atoms with Crippen LogP contribution in [0.5, 0.6) is 0 Å². The van der Waals surface area contributed by atoms with Crippen molar-refractivity contribution in [2.24, 2.45) is 0 Å². The number of rotatable bonds is 4. The van der Waals surface area contributed by atoms with Gasteiger partial charge in [0.1, 0.15) is 0 Å². The predicted molar refractivity (Wildman–Crippen MR) is 86.0 cm³/mol. The Morgan fingerprint density at radius 1 is 0.960 bits per heavy atom. The Morgan fingerprint density at radius 3 is 2.32 bits per heavy atom. The van der Waals surface area contributed by atoms with Gasteiger partial charge in [0.15, 0.2) is 11.6 Å². The van der Waals surface area contributed by atoms with Gasteiger partial charge in [-0.15, -0.1) is 0 Å². The maximum absolute atomic E-state index is 13.1. The molecule has 2 amide bonds. The van der Waals surface area contributed by atoms with E-state index in [1.54, 1.807) is 19.1 Å². The number of hydrogen-bond acceptors (Lipinski definition) is 4. The third kappa shape index (κ3) is 4.60. The lowest BCUT2D eigenvalue weighted by molar-refractivity contribution is -0.133. The number of halogens is 2. The molecule has 0 aromatic heterocycles. The molecule has 0 spiro atoms. The Balaban J connectivity index is 2.10. The van der Waals surface area contributed by atoms with Gasteiger partial charge in [-0.1, -0.05) is 12.1 Å². The highest BCUT2D eigenvalue weighted by molar-refractivity contribution is 6.43. The molecule has 130 valence electrons. The maximum Gasteiger partial charge on any atom is 0.340 e. The van der Waals surface area contributed by atoms with Crippen molar-refractivity contribution in [3.05, 3.63) is 59.7 Å². The van der Waals surface area contributed by atoms with Crippen molar-refractivity contribution in [3.63, 3.8) is 0 Å². The van der Waals surface area contributed by atoms with Gasteiger partial charge in [0.2, 0.25) is 0 Å². The molecule has 0 aliphatic carbocycles. The molecule has 0 aliphatic heterocycles. The second kappa shape index (κ2) is 8.00. The quantitative estimate of drug-likeness (QED) is 0.657. The van der Waals surface area contributed by atoms with E-state index < -0.39 is 29.4 Å². The highest BCUT2D eigenvalue weighted by Crippen LogP contribution is 2.17. The van der Waals surface area contributed by atoms with E-state index in [2.05, 4.69) is 10.6 Å². The van der Waals surface area contributed by atoms with Gasteiger partial charge in [0, 0.05) is 11.8 Å². The largest absolute Gasteiger partial charge is 0.462 e. The van der Waals surface area contributed by atoms with Crippen LogP contribution in [-0.2, 0) is 14.3 Å². The fraction of sp³-hybridized carbons (Fsp3) is 0.118. The molecule has 0 aliphatic rings. The Morgan fingerprint density at radius 2 is 1.64 bits per heavy atom. The lowest BCUT2D eigenvalue weighted by Crippen LogP contribution is -2.29. The van der Waals surface area contributed by atoms with Crippen molar-refractivity contribution < 1.29 is 27.9 Å². The average Bonchev–Trinajstić information content (AvgIpc) is 2.58. The van der Waals surface area contributed by atoms with E-state index in [1.807, 2.05) is 0 Å². The zero-order valence-corrected chi connectivity index (χ0v) is 13.1. The molecule has 0 atom stereocenters. The first-order valence-corrected chi connectivity index (χ1v) is 7.26. The van der Waals surface area contributed by atoms with Crippen LogP contribution in [0.1, 0.15) is 17.3 Å². The summed E-state index contributed by atoms with van der Waals surface area (Å²) in [6, 6.07) is 8.66. The minimum atomic E-state index is -1.16. The number of anilines is 2. The molecule has 8 heteroatoms. The lowest BCUT2D eigenvalue weighted by Gasteiger charge is -2.10. The van der Waals surface area contributed by atoms with Crippen LogP contribution in [0.2, 0.25) is 0 Å². The smallest absolute Gasteiger partial charge is 0.340 e. The minimum absolute atomic E-state index is 0.0818. The first kappa shape index (κ1) is 18.1. The molecule has 0 saturated heterocycles. The summed E-state index contributed by atoms with van der Waals surface area (Å²) < 4.78 is 30.8. The SMILES string of the molecule is CCOC(=O)c1ccccc1NC(=O)C(=O)Nc1ccc(F)c(F)c1. The zero-order chi connectivity index (χ0) is 18.4. The number of nitrogens with one attached hydrogen (secondary N) is 2. The van der Waals surface area contributed by atoms with Gasteiger partial charge in [-0.2, -0.15) is 0 Å². The van der Waals surface area contributed by atoms with Crippen LogP contribution in [0.25, 0.3) is 0 Å². The Hall–Kier alpha value is -3.29. The van der Waals surface area contributed by atoms with E-state index in [1.165, 1.54) is 12.1 Å². The molecule has 0 bridgehead atoms. The number of amides is 2. The molecule has 0 saturated carbocycles.